The predicted octanol–water partition coefficient (Wildman–Crippen LogP) is 2.34. The second-order valence-electron chi connectivity index (χ2n) is 9.62. The first-order valence-electron chi connectivity index (χ1n) is 12.8. The molecule has 2 aliphatic rings. The van der Waals surface area contributed by atoms with Gasteiger partial charge < -0.3 is 30.0 Å². The van der Waals surface area contributed by atoms with E-state index in [0.717, 1.165) is 37.7 Å². The second-order valence-corrected chi connectivity index (χ2v) is 9.62. The van der Waals surface area contributed by atoms with Gasteiger partial charge in [-0.25, -0.2) is 0 Å². The van der Waals surface area contributed by atoms with Crippen molar-refractivity contribution in [1.29, 1.82) is 0 Å². The van der Waals surface area contributed by atoms with Crippen molar-refractivity contribution in [3.05, 3.63) is 36.0 Å². The maximum absolute atomic E-state index is 12.4. The first kappa shape index (κ1) is 29.7. The van der Waals surface area contributed by atoms with Crippen molar-refractivity contribution in [2.24, 2.45) is 5.92 Å². The van der Waals surface area contributed by atoms with Gasteiger partial charge in [0.05, 0.1) is 24.4 Å². The molecule has 0 aromatic heterocycles. The fraction of sp³-hybridized carbons (Fsp3) is 0.667. The predicted molar refractivity (Wildman–Crippen MR) is 136 cm³/mol. The third-order valence-electron chi connectivity index (χ3n) is 6.32. The number of allylic oxidation sites excluding steroid dienone is 2. The lowest BCUT2D eigenvalue weighted by molar-refractivity contribution is -0.143. The van der Waals surface area contributed by atoms with Gasteiger partial charge in [0.2, 0.25) is 11.8 Å². The topological polar surface area (TPSA) is 123 Å². The summed E-state index contributed by atoms with van der Waals surface area (Å²) < 4.78 is 17.0. The smallest absolute Gasteiger partial charge is 0.303 e. The van der Waals surface area contributed by atoms with Gasteiger partial charge in [0, 0.05) is 39.7 Å². The SMILES string of the molecule is CC(=O)NC[C@H]1O[C@@H](C/C=C(C)/C=C/C2CC(CO)CCO2)CC[C@H]1NC(=O)/C=C\[C@H](C)OC(C)=O. The van der Waals surface area contributed by atoms with Crippen LogP contribution in [0.2, 0.25) is 0 Å². The van der Waals surface area contributed by atoms with Crippen LogP contribution in [0.1, 0.15) is 59.8 Å². The van der Waals surface area contributed by atoms with Gasteiger partial charge in [-0.3, -0.25) is 14.4 Å². The quantitative estimate of drug-likeness (QED) is 0.223. The Hall–Kier alpha value is -2.49. The minimum Gasteiger partial charge on any atom is -0.459 e. The van der Waals surface area contributed by atoms with E-state index >= 15 is 0 Å². The number of amides is 2. The van der Waals surface area contributed by atoms with E-state index in [1.54, 1.807) is 6.92 Å². The van der Waals surface area contributed by atoms with Crippen LogP contribution in [0.3, 0.4) is 0 Å². The number of hydrogen-bond acceptors (Lipinski definition) is 7. The van der Waals surface area contributed by atoms with Crippen LogP contribution in [0, 0.1) is 5.92 Å². The molecule has 0 bridgehead atoms. The second kappa shape index (κ2) is 15.6. The molecule has 0 saturated carbocycles. The molecule has 2 rings (SSSR count). The Morgan fingerprint density at radius 1 is 1.14 bits per heavy atom. The molecule has 2 heterocycles. The molecule has 2 fully saturated rings. The summed E-state index contributed by atoms with van der Waals surface area (Å²) >= 11 is 0. The molecule has 2 unspecified atom stereocenters. The summed E-state index contributed by atoms with van der Waals surface area (Å²) in [4.78, 5) is 34.9. The zero-order valence-electron chi connectivity index (χ0n) is 21.9. The first-order chi connectivity index (χ1) is 17.2. The van der Waals surface area contributed by atoms with E-state index in [4.69, 9.17) is 14.2 Å². The molecular formula is C27H42N2O7. The zero-order chi connectivity index (χ0) is 26.5. The van der Waals surface area contributed by atoms with Gasteiger partial charge in [-0.1, -0.05) is 23.8 Å². The lowest BCUT2D eigenvalue weighted by Crippen LogP contribution is -2.53. The number of aliphatic hydroxyl groups excluding tert-OH is 1. The highest BCUT2D eigenvalue weighted by Crippen LogP contribution is 2.24. The van der Waals surface area contributed by atoms with Crippen LogP contribution < -0.4 is 10.6 Å². The van der Waals surface area contributed by atoms with Gasteiger partial charge >= 0.3 is 5.97 Å². The molecule has 36 heavy (non-hydrogen) atoms. The highest BCUT2D eigenvalue weighted by atomic mass is 16.5. The Bertz CT molecular complexity index is 823. The number of ether oxygens (including phenoxy) is 3. The highest BCUT2D eigenvalue weighted by Gasteiger charge is 2.31. The Morgan fingerprint density at radius 2 is 1.92 bits per heavy atom. The fourth-order valence-corrected chi connectivity index (χ4v) is 4.33. The molecule has 6 atom stereocenters. The Balaban J connectivity index is 1.89. The monoisotopic (exact) mass is 506 g/mol. The Kier molecular flexibility index (Phi) is 12.9. The average molecular weight is 507 g/mol. The fourth-order valence-electron chi connectivity index (χ4n) is 4.33. The van der Waals surface area contributed by atoms with Crippen LogP contribution in [0.4, 0.5) is 0 Å². The van der Waals surface area contributed by atoms with Gasteiger partial charge in [0.25, 0.3) is 0 Å². The van der Waals surface area contributed by atoms with Crippen molar-refractivity contribution < 1.29 is 33.7 Å². The van der Waals surface area contributed by atoms with Crippen LogP contribution >= 0.6 is 0 Å². The van der Waals surface area contributed by atoms with E-state index in [2.05, 4.69) is 22.8 Å². The van der Waals surface area contributed by atoms with Gasteiger partial charge in [0.15, 0.2) is 0 Å². The van der Waals surface area contributed by atoms with Crippen LogP contribution in [0.5, 0.6) is 0 Å². The van der Waals surface area contributed by atoms with Crippen molar-refractivity contribution in [1.82, 2.24) is 10.6 Å². The number of nitrogens with one attached hydrogen (secondary N) is 2. The maximum Gasteiger partial charge on any atom is 0.303 e. The van der Waals surface area contributed by atoms with E-state index in [0.29, 0.717) is 19.1 Å². The molecule has 9 nitrogen and oxygen atoms in total. The van der Waals surface area contributed by atoms with Crippen LogP contribution in [-0.2, 0) is 28.6 Å². The summed E-state index contributed by atoms with van der Waals surface area (Å²) in [5.74, 6) is -0.569. The molecule has 202 valence electrons. The van der Waals surface area contributed by atoms with E-state index in [1.807, 2.05) is 13.0 Å². The molecule has 2 aliphatic heterocycles. The minimum atomic E-state index is -0.500. The van der Waals surface area contributed by atoms with Gasteiger partial charge in [-0.05, 0) is 57.9 Å². The van der Waals surface area contributed by atoms with Crippen molar-refractivity contribution in [2.75, 3.05) is 19.8 Å². The van der Waals surface area contributed by atoms with E-state index in [1.165, 1.54) is 26.0 Å². The summed E-state index contributed by atoms with van der Waals surface area (Å²) in [6.07, 6.45) is 12.2. The summed E-state index contributed by atoms with van der Waals surface area (Å²) in [7, 11) is 0. The Morgan fingerprint density at radius 3 is 2.61 bits per heavy atom. The molecule has 2 amide bonds. The highest BCUT2D eigenvalue weighted by molar-refractivity contribution is 5.87. The number of carbonyl (C=O) groups is 3. The van der Waals surface area contributed by atoms with E-state index < -0.39 is 12.1 Å². The van der Waals surface area contributed by atoms with Gasteiger partial charge in [-0.15, -0.1) is 0 Å². The molecule has 0 aromatic rings. The number of hydrogen-bond donors (Lipinski definition) is 3. The van der Waals surface area contributed by atoms with E-state index in [9.17, 15) is 19.5 Å². The van der Waals surface area contributed by atoms with Gasteiger partial charge in [-0.2, -0.15) is 0 Å². The van der Waals surface area contributed by atoms with Crippen molar-refractivity contribution in [3.63, 3.8) is 0 Å². The lowest BCUT2D eigenvalue weighted by Gasteiger charge is -2.36. The molecule has 0 radical (unpaired) electrons. The van der Waals surface area contributed by atoms with Crippen LogP contribution in [0.25, 0.3) is 0 Å². The standard InChI is InChI=1S/C27H42N2O7/c1-18(6-9-24-15-22(17-30)13-14-34-24)5-8-23-10-11-25(26(36-23)16-28-20(3)31)29-27(33)12-7-19(2)35-21(4)32/h5-7,9,12,19,22-26,30H,8,10-11,13-17H2,1-4H3,(H,28,31)(H,29,33)/b9-6+,12-7-,18-5+/t19-,22?,23-,24?,25+,26+/m0/s1. The lowest BCUT2D eigenvalue weighted by atomic mass is 9.95. The molecular weight excluding hydrogens is 464 g/mol. The molecule has 9 heteroatoms. The molecule has 2 saturated heterocycles. The number of rotatable bonds is 11. The summed E-state index contributed by atoms with van der Waals surface area (Å²) in [6, 6.07) is -0.248. The Labute approximate surface area is 214 Å². The van der Waals surface area contributed by atoms with Crippen LogP contribution in [0.15, 0.2) is 36.0 Å². The third kappa shape index (κ3) is 11.5. The van der Waals surface area contributed by atoms with Crippen molar-refractivity contribution >= 4 is 17.8 Å². The summed E-state index contributed by atoms with van der Waals surface area (Å²) in [5.41, 5.74) is 1.11. The van der Waals surface area contributed by atoms with E-state index in [-0.39, 0.29) is 42.8 Å². The molecule has 0 aromatic carbocycles. The number of esters is 1. The largest absolute Gasteiger partial charge is 0.459 e. The molecule has 3 N–H and O–H groups in total. The summed E-state index contributed by atoms with van der Waals surface area (Å²) in [5, 5.41) is 15.1. The third-order valence-corrected chi connectivity index (χ3v) is 6.32. The first-order valence-corrected chi connectivity index (χ1v) is 12.8. The zero-order valence-corrected chi connectivity index (χ0v) is 21.9. The number of aliphatic hydroxyl groups is 1. The summed E-state index contributed by atoms with van der Waals surface area (Å²) in [6.45, 7) is 7.66. The molecule has 0 spiro atoms. The van der Waals surface area contributed by atoms with Crippen molar-refractivity contribution in [2.45, 2.75) is 90.3 Å². The normalized spacial score (nSPS) is 28.1. The average Bonchev–Trinajstić information content (AvgIpc) is 2.84. The number of carbonyl (C=O) groups excluding carboxylic acids is 3. The minimum absolute atomic E-state index is 0.0236. The molecule has 0 aliphatic carbocycles. The van der Waals surface area contributed by atoms with Gasteiger partial charge in [0.1, 0.15) is 6.10 Å². The van der Waals surface area contributed by atoms with Crippen LogP contribution in [-0.4, -0.2) is 73.1 Å². The maximum atomic E-state index is 12.4. The van der Waals surface area contributed by atoms with Crippen molar-refractivity contribution in [3.8, 4) is 0 Å².